The van der Waals surface area contributed by atoms with E-state index < -0.39 is 17.9 Å². The second-order valence-electron chi connectivity index (χ2n) is 8.72. The summed E-state index contributed by atoms with van der Waals surface area (Å²) < 4.78 is 15.6. The molecule has 2 aromatic rings. The van der Waals surface area contributed by atoms with Crippen LogP contribution in [0.25, 0.3) is 0 Å². The molecule has 0 saturated heterocycles. The van der Waals surface area contributed by atoms with Crippen LogP contribution in [0.4, 0.5) is 0 Å². The molecule has 1 N–H and O–H groups in total. The quantitative estimate of drug-likeness (QED) is 0.365. The lowest BCUT2D eigenvalue weighted by molar-refractivity contribution is -0.140. The second kappa shape index (κ2) is 10.7. The van der Waals surface area contributed by atoms with E-state index in [1.165, 1.54) is 14.0 Å². The van der Waals surface area contributed by atoms with E-state index in [1.54, 1.807) is 24.3 Å². The smallest absolute Gasteiger partial charge is 0.336 e. The Hall–Kier alpha value is -3.71. The topological polar surface area (TPSA) is 90.9 Å². The van der Waals surface area contributed by atoms with Crippen LogP contribution in [0.1, 0.15) is 49.7 Å². The summed E-state index contributed by atoms with van der Waals surface area (Å²) in [6, 6.07) is 16.9. The van der Waals surface area contributed by atoms with Gasteiger partial charge in [-0.3, -0.25) is 9.59 Å². The van der Waals surface area contributed by atoms with Gasteiger partial charge in [-0.05, 0) is 42.5 Å². The van der Waals surface area contributed by atoms with Crippen molar-refractivity contribution in [2.24, 2.45) is 0 Å². The van der Waals surface area contributed by atoms with Crippen LogP contribution in [0.2, 0.25) is 0 Å². The number of ether oxygens (including phenoxy) is 3. The summed E-state index contributed by atoms with van der Waals surface area (Å²) >= 11 is 0. The molecular weight excluding hydrogens is 446 g/mol. The monoisotopic (exact) mass is 475 g/mol. The van der Waals surface area contributed by atoms with Gasteiger partial charge in [-0.15, -0.1) is 0 Å². The van der Waals surface area contributed by atoms with Crippen LogP contribution in [-0.2, 0) is 23.9 Å². The number of hydrogen-bond acceptors (Lipinski definition) is 7. The van der Waals surface area contributed by atoms with Gasteiger partial charge in [0.25, 0.3) is 0 Å². The molecule has 1 aliphatic heterocycles. The minimum absolute atomic E-state index is 0.00337. The van der Waals surface area contributed by atoms with Crippen LogP contribution in [-0.4, -0.2) is 38.0 Å². The van der Waals surface area contributed by atoms with E-state index in [2.05, 4.69) is 5.32 Å². The number of dihydropyridines is 1. The summed E-state index contributed by atoms with van der Waals surface area (Å²) in [5, 5.41) is 3.34. The van der Waals surface area contributed by atoms with Crippen molar-refractivity contribution < 1.29 is 28.6 Å². The average molecular weight is 476 g/mol. The Kier molecular flexibility index (Phi) is 7.46. The van der Waals surface area contributed by atoms with Gasteiger partial charge in [0, 0.05) is 43.3 Å². The molecule has 0 amide bonds. The Morgan fingerprint density at radius 2 is 1.69 bits per heavy atom. The molecule has 0 bridgehead atoms. The fourth-order valence-electron chi connectivity index (χ4n) is 4.79. The zero-order chi connectivity index (χ0) is 24.9. The predicted octanol–water partition coefficient (Wildman–Crippen LogP) is 4.16. The van der Waals surface area contributed by atoms with Crippen LogP contribution in [0.15, 0.2) is 77.1 Å². The molecule has 0 unspecified atom stereocenters. The van der Waals surface area contributed by atoms with Gasteiger partial charge in [-0.2, -0.15) is 0 Å². The number of hydrogen-bond donors (Lipinski definition) is 1. The maximum atomic E-state index is 13.6. The Morgan fingerprint density at radius 3 is 2.34 bits per heavy atom. The summed E-state index contributed by atoms with van der Waals surface area (Å²) in [7, 11) is 1.54. The van der Waals surface area contributed by atoms with Gasteiger partial charge in [0.2, 0.25) is 0 Å². The van der Waals surface area contributed by atoms with Crippen molar-refractivity contribution in [1.82, 2.24) is 5.32 Å². The largest absolute Gasteiger partial charge is 0.460 e. The molecule has 2 aromatic carbocycles. The van der Waals surface area contributed by atoms with E-state index in [0.29, 0.717) is 35.4 Å². The van der Waals surface area contributed by atoms with Crippen molar-refractivity contribution in [2.45, 2.75) is 38.5 Å². The first-order valence-electron chi connectivity index (χ1n) is 11.6. The lowest BCUT2D eigenvalue weighted by Gasteiger charge is -2.36. The highest BCUT2D eigenvalue weighted by atomic mass is 16.6. The third-order valence-electron chi connectivity index (χ3n) is 6.31. The minimum atomic E-state index is -0.586. The molecule has 182 valence electrons. The summed E-state index contributed by atoms with van der Waals surface area (Å²) in [6.07, 6.45) is 1.02. The molecule has 0 fully saturated rings. The normalized spacial score (nSPS) is 19.7. The van der Waals surface area contributed by atoms with Gasteiger partial charge < -0.3 is 19.5 Å². The Bertz CT molecular complexity index is 1180. The Balaban J connectivity index is 1.73. The predicted molar refractivity (Wildman–Crippen MR) is 130 cm³/mol. The number of carbonyl (C=O) groups excluding carboxylic acids is 3. The number of allylic oxidation sites excluding steroid dienone is 3. The zero-order valence-electron chi connectivity index (χ0n) is 20.1. The summed E-state index contributed by atoms with van der Waals surface area (Å²) in [6.45, 7) is 3.55. The fraction of sp³-hybridized carbons (Fsp3) is 0.321. The van der Waals surface area contributed by atoms with E-state index >= 15 is 0 Å². The van der Waals surface area contributed by atoms with Crippen molar-refractivity contribution in [3.05, 3.63) is 88.3 Å². The fourth-order valence-corrected chi connectivity index (χ4v) is 4.79. The van der Waals surface area contributed by atoms with E-state index in [4.69, 9.17) is 14.2 Å². The highest BCUT2D eigenvalue weighted by Gasteiger charge is 2.41. The lowest BCUT2D eigenvalue weighted by atomic mass is 9.72. The standard InChI is InChI=1S/C28H29NO6/c1-17-25(28(32)34-14-13-33-3)26(20-9-11-22(12-10-20)35-18(2)30)27-23(29-17)15-21(16-24(27)31)19-7-5-4-6-8-19/h4-12,21,26,29H,13-16H2,1-3H3/t21-,26+/m1/s1. The number of rotatable bonds is 7. The Morgan fingerprint density at radius 1 is 0.971 bits per heavy atom. The minimum Gasteiger partial charge on any atom is -0.460 e. The third kappa shape index (κ3) is 5.35. The summed E-state index contributed by atoms with van der Waals surface area (Å²) in [5.74, 6) is -1.05. The molecule has 0 spiro atoms. The SMILES string of the molecule is COCCOC(=O)C1=C(C)NC2=C(C(=O)C[C@H](c3ccccc3)C2)[C@H]1c1ccc(OC(C)=O)cc1. The zero-order valence-corrected chi connectivity index (χ0v) is 20.1. The molecule has 1 aliphatic carbocycles. The van der Waals surface area contributed by atoms with Gasteiger partial charge >= 0.3 is 11.9 Å². The molecule has 2 aliphatic rings. The van der Waals surface area contributed by atoms with E-state index in [-0.39, 0.29) is 24.9 Å². The molecule has 0 saturated carbocycles. The molecular formula is C28H29NO6. The van der Waals surface area contributed by atoms with Gasteiger partial charge in [0.15, 0.2) is 5.78 Å². The average Bonchev–Trinajstić information content (AvgIpc) is 2.84. The van der Waals surface area contributed by atoms with Gasteiger partial charge in [-0.25, -0.2) is 4.79 Å². The summed E-state index contributed by atoms with van der Waals surface area (Å²) in [5.41, 5.74) is 4.33. The number of ketones is 1. The molecule has 7 heteroatoms. The number of benzene rings is 2. The number of esters is 2. The van der Waals surface area contributed by atoms with Gasteiger partial charge in [0.05, 0.1) is 12.2 Å². The van der Waals surface area contributed by atoms with Crippen molar-refractivity contribution in [3.8, 4) is 5.75 Å². The van der Waals surface area contributed by atoms with Gasteiger partial charge in [-0.1, -0.05) is 42.5 Å². The Labute approximate surface area is 204 Å². The number of methoxy groups -OCH3 is 1. The maximum Gasteiger partial charge on any atom is 0.336 e. The van der Waals surface area contributed by atoms with Gasteiger partial charge in [0.1, 0.15) is 12.4 Å². The molecule has 1 heterocycles. The molecule has 4 rings (SSSR count). The van der Waals surface area contributed by atoms with Crippen LogP contribution < -0.4 is 10.1 Å². The van der Waals surface area contributed by atoms with Crippen LogP contribution >= 0.6 is 0 Å². The second-order valence-corrected chi connectivity index (χ2v) is 8.72. The first-order chi connectivity index (χ1) is 16.9. The first kappa shape index (κ1) is 24.4. The van der Waals surface area contributed by atoms with E-state index in [1.807, 2.05) is 37.3 Å². The summed E-state index contributed by atoms with van der Waals surface area (Å²) in [4.78, 5) is 38.1. The number of nitrogens with one attached hydrogen (secondary N) is 1. The van der Waals surface area contributed by atoms with E-state index in [9.17, 15) is 14.4 Å². The maximum absolute atomic E-state index is 13.6. The number of carbonyl (C=O) groups is 3. The van der Waals surface area contributed by atoms with Crippen LogP contribution in [0, 0.1) is 0 Å². The highest BCUT2D eigenvalue weighted by Crippen LogP contribution is 2.45. The first-order valence-corrected chi connectivity index (χ1v) is 11.6. The number of Topliss-reactive ketones (excluding diaryl/α,β-unsaturated/α-hetero) is 1. The molecule has 0 radical (unpaired) electrons. The molecule has 0 aromatic heterocycles. The lowest BCUT2D eigenvalue weighted by Crippen LogP contribution is -2.36. The van der Waals surface area contributed by atoms with Crippen LogP contribution in [0.3, 0.4) is 0 Å². The van der Waals surface area contributed by atoms with Crippen LogP contribution in [0.5, 0.6) is 5.75 Å². The molecule has 35 heavy (non-hydrogen) atoms. The van der Waals surface area contributed by atoms with Crippen molar-refractivity contribution >= 4 is 17.7 Å². The van der Waals surface area contributed by atoms with Crippen molar-refractivity contribution in [2.75, 3.05) is 20.3 Å². The third-order valence-corrected chi connectivity index (χ3v) is 6.31. The molecule has 2 atom stereocenters. The highest BCUT2D eigenvalue weighted by molar-refractivity contribution is 6.04. The van der Waals surface area contributed by atoms with E-state index in [0.717, 1.165) is 16.8 Å². The van der Waals surface area contributed by atoms with Crippen molar-refractivity contribution in [1.29, 1.82) is 0 Å². The van der Waals surface area contributed by atoms with Crippen molar-refractivity contribution in [3.63, 3.8) is 0 Å². The molecule has 7 nitrogen and oxygen atoms in total.